The highest BCUT2D eigenvalue weighted by atomic mass is 16.6. The second kappa shape index (κ2) is 2.84. The average Bonchev–Trinajstić information content (AvgIpc) is 2.93. The van der Waals surface area contributed by atoms with Crippen LogP contribution < -0.4 is 0 Å². The van der Waals surface area contributed by atoms with Gasteiger partial charge in [0.25, 0.3) is 0 Å². The summed E-state index contributed by atoms with van der Waals surface area (Å²) in [6, 6.07) is 0. The van der Waals surface area contributed by atoms with E-state index in [-0.39, 0.29) is 11.4 Å². The highest BCUT2D eigenvalue weighted by molar-refractivity contribution is 5.87. The summed E-state index contributed by atoms with van der Waals surface area (Å²) in [4.78, 5) is 11.1. The van der Waals surface area contributed by atoms with E-state index in [2.05, 4.69) is 4.74 Å². The molecule has 0 aromatic carbocycles. The lowest BCUT2D eigenvalue weighted by molar-refractivity contribution is -0.136. The van der Waals surface area contributed by atoms with E-state index in [1.165, 1.54) is 7.11 Å². The Morgan fingerprint density at radius 3 is 2.62 bits per heavy atom. The highest BCUT2D eigenvalue weighted by Crippen LogP contribution is 2.55. The van der Waals surface area contributed by atoms with Crippen LogP contribution in [0.4, 0.5) is 0 Å². The first-order chi connectivity index (χ1) is 6.18. The van der Waals surface area contributed by atoms with Crippen molar-refractivity contribution in [2.45, 2.75) is 25.9 Å². The largest absolute Gasteiger partial charge is 0.466 e. The molecule has 3 nitrogen and oxygen atoms in total. The van der Waals surface area contributed by atoms with Crippen molar-refractivity contribution in [3.05, 3.63) is 11.6 Å². The number of epoxide rings is 1. The summed E-state index contributed by atoms with van der Waals surface area (Å²) in [5.41, 5.74) is 0.883. The van der Waals surface area contributed by atoms with Crippen LogP contribution in [0.2, 0.25) is 0 Å². The van der Waals surface area contributed by atoms with Gasteiger partial charge in [0.05, 0.1) is 19.8 Å². The summed E-state index contributed by atoms with van der Waals surface area (Å²) in [5.74, 6) is -0.230. The summed E-state index contributed by atoms with van der Waals surface area (Å²) in [6.07, 6.45) is 4.68. The van der Waals surface area contributed by atoms with Gasteiger partial charge in [-0.2, -0.15) is 0 Å². The van der Waals surface area contributed by atoms with Crippen LogP contribution >= 0.6 is 0 Å². The Bertz CT molecular complexity index is 259. The molecule has 0 aromatic rings. The van der Waals surface area contributed by atoms with Gasteiger partial charge in [-0.3, -0.25) is 0 Å². The fraction of sp³-hybridized carbons (Fsp3) is 0.700. The van der Waals surface area contributed by atoms with Crippen molar-refractivity contribution >= 4 is 5.97 Å². The summed E-state index contributed by atoms with van der Waals surface area (Å²) >= 11 is 0. The highest BCUT2D eigenvalue weighted by Gasteiger charge is 2.54. The topological polar surface area (TPSA) is 38.8 Å². The third-order valence-corrected chi connectivity index (χ3v) is 2.81. The third kappa shape index (κ3) is 1.61. The Morgan fingerprint density at radius 2 is 2.23 bits per heavy atom. The minimum atomic E-state index is -0.230. The molecule has 3 heteroatoms. The van der Waals surface area contributed by atoms with E-state index in [0.29, 0.717) is 11.7 Å². The van der Waals surface area contributed by atoms with Crippen molar-refractivity contribution in [3.63, 3.8) is 0 Å². The van der Waals surface area contributed by atoms with Gasteiger partial charge >= 0.3 is 5.97 Å². The van der Waals surface area contributed by atoms with Crippen molar-refractivity contribution in [3.8, 4) is 0 Å². The monoisotopic (exact) mass is 182 g/mol. The van der Waals surface area contributed by atoms with Crippen molar-refractivity contribution in [2.75, 3.05) is 13.7 Å². The summed E-state index contributed by atoms with van der Waals surface area (Å²) in [7, 11) is 1.41. The standard InChI is InChI=1S/C10H14O3/c1-7(9(11)12-2)5-10(3-4-10)8-6-13-8/h5,8H,3-4,6H2,1-2H3. The molecule has 0 N–H and O–H groups in total. The van der Waals surface area contributed by atoms with Crippen LogP contribution in [0.25, 0.3) is 0 Å². The molecule has 1 aliphatic heterocycles. The van der Waals surface area contributed by atoms with Crippen LogP contribution in [0.3, 0.4) is 0 Å². The Morgan fingerprint density at radius 1 is 1.62 bits per heavy atom. The summed E-state index contributed by atoms with van der Waals surface area (Å²) in [6.45, 7) is 2.65. The van der Waals surface area contributed by atoms with Gasteiger partial charge in [-0.25, -0.2) is 4.79 Å². The van der Waals surface area contributed by atoms with Gasteiger partial charge in [0.1, 0.15) is 0 Å². The quantitative estimate of drug-likeness (QED) is 0.375. The maximum atomic E-state index is 11.1. The number of rotatable bonds is 3. The van der Waals surface area contributed by atoms with E-state index in [1.54, 1.807) is 6.92 Å². The van der Waals surface area contributed by atoms with E-state index in [4.69, 9.17) is 4.74 Å². The van der Waals surface area contributed by atoms with Crippen LogP contribution in [0.1, 0.15) is 19.8 Å². The smallest absolute Gasteiger partial charge is 0.333 e. The molecule has 1 heterocycles. The van der Waals surface area contributed by atoms with Crippen molar-refractivity contribution < 1.29 is 14.3 Å². The van der Waals surface area contributed by atoms with Crippen LogP contribution in [-0.4, -0.2) is 25.8 Å². The maximum absolute atomic E-state index is 11.1. The molecule has 2 rings (SSSR count). The van der Waals surface area contributed by atoms with Gasteiger partial charge in [-0.15, -0.1) is 0 Å². The second-order valence-electron chi connectivity index (χ2n) is 3.87. The summed E-state index contributed by atoms with van der Waals surface area (Å²) in [5, 5.41) is 0. The number of carbonyl (C=O) groups excluding carboxylic acids is 1. The lowest BCUT2D eigenvalue weighted by Crippen LogP contribution is -2.10. The molecule has 13 heavy (non-hydrogen) atoms. The molecule has 0 radical (unpaired) electrons. The zero-order chi connectivity index (χ0) is 9.47. The molecular formula is C10H14O3. The van der Waals surface area contributed by atoms with Gasteiger partial charge < -0.3 is 9.47 Å². The van der Waals surface area contributed by atoms with Crippen molar-refractivity contribution in [1.29, 1.82) is 0 Å². The van der Waals surface area contributed by atoms with Crippen LogP contribution in [-0.2, 0) is 14.3 Å². The van der Waals surface area contributed by atoms with E-state index in [9.17, 15) is 4.79 Å². The van der Waals surface area contributed by atoms with E-state index < -0.39 is 0 Å². The molecule has 1 atom stereocenters. The number of hydrogen-bond donors (Lipinski definition) is 0. The third-order valence-electron chi connectivity index (χ3n) is 2.81. The molecule has 0 bridgehead atoms. The Balaban J connectivity index is 2.05. The van der Waals surface area contributed by atoms with Gasteiger partial charge in [-0.1, -0.05) is 6.08 Å². The van der Waals surface area contributed by atoms with E-state index in [0.717, 1.165) is 19.4 Å². The fourth-order valence-electron chi connectivity index (χ4n) is 1.73. The average molecular weight is 182 g/mol. The van der Waals surface area contributed by atoms with E-state index in [1.807, 2.05) is 6.08 Å². The minimum Gasteiger partial charge on any atom is -0.466 e. The fourth-order valence-corrected chi connectivity index (χ4v) is 1.73. The van der Waals surface area contributed by atoms with Crippen molar-refractivity contribution in [1.82, 2.24) is 0 Å². The Kier molecular flexibility index (Phi) is 1.91. The molecular weight excluding hydrogens is 168 g/mol. The minimum absolute atomic E-state index is 0.179. The first-order valence-corrected chi connectivity index (χ1v) is 4.57. The molecule has 0 aromatic heterocycles. The van der Waals surface area contributed by atoms with E-state index >= 15 is 0 Å². The molecule has 72 valence electrons. The van der Waals surface area contributed by atoms with Gasteiger partial charge in [0.15, 0.2) is 0 Å². The SMILES string of the molecule is COC(=O)C(C)=CC1(C2CO2)CC1. The molecule has 0 amide bonds. The molecule has 2 aliphatic rings. The van der Waals surface area contributed by atoms with Crippen LogP contribution in [0.5, 0.6) is 0 Å². The zero-order valence-electron chi connectivity index (χ0n) is 8.00. The molecule has 2 fully saturated rings. The zero-order valence-corrected chi connectivity index (χ0v) is 8.00. The van der Waals surface area contributed by atoms with Crippen molar-refractivity contribution in [2.24, 2.45) is 5.41 Å². The van der Waals surface area contributed by atoms with Gasteiger partial charge in [0.2, 0.25) is 0 Å². The number of hydrogen-bond acceptors (Lipinski definition) is 3. The maximum Gasteiger partial charge on any atom is 0.333 e. The predicted molar refractivity (Wildman–Crippen MR) is 47.2 cm³/mol. The first kappa shape index (κ1) is 8.75. The number of methoxy groups -OCH3 is 1. The van der Waals surface area contributed by atoms with Gasteiger partial charge in [0, 0.05) is 11.0 Å². The van der Waals surface area contributed by atoms with Crippen LogP contribution in [0.15, 0.2) is 11.6 Å². The predicted octanol–water partition coefficient (Wildman–Crippen LogP) is 1.28. The molecule has 1 saturated heterocycles. The molecule has 1 aliphatic carbocycles. The van der Waals surface area contributed by atoms with Gasteiger partial charge in [-0.05, 0) is 19.8 Å². The molecule has 1 unspecified atom stereocenters. The number of esters is 1. The summed E-state index contributed by atoms with van der Waals surface area (Å²) < 4.78 is 9.89. The molecule has 0 spiro atoms. The second-order valence-corrected chi connectivity index (χ2v) is 3.87. The normalized spacial score (nSPS) is 29.7. The number of ether oxygens (including phenoxy) is 2. The number of carbonyl (C=O) groups is 1. The Labute approximate surface area is 77.7 Å². The lowest BCUT2D eigenvalue weighted by atomic mass is 10.00. The van der Waals surface area contributed by atoms with Crippen LogP contribution in [0, 0.1) is 5.41 Å². The Hall–Kier alpha value is -0.830. The molecule has 1 saturated carbocycles. The lowest BCUT2D eigenvalue weighted by Gasteiger charge is -2.06. The first-order valence-electron chi connectivity index (χ1n) is 4.57.